The van der Waals surface area contributed by atoms with Crippen LogP contribution < -0.4 is 0 Å². The van der Waals surface area contributed by atoms with Gasteiger partial charge < -0.3 is 14.6 Å². The van der Waals surface area contributed by atoms with Gasteiger partial charge in [0, 0.05) is 6.92 Å². The van der Waals surface area contributed by atoms with Crippen LogP contribution >= 0.6 is 0 Å². The summed E-state index contributed by atoms with van der Waals surface area (Å²) in [5, 5.41) is 8.81. The molecule has 0 aromatic rings. The van der Waals surface area contributed by atoms with E-state index in [1.54, 1.807) is 19.9 Å². The molecule has 0 spiro atoms. The van der Waals surface area contributed by atoms with E-state index in [4.69, 9.17) is 14.6 Å². The molecular weight excluding hydrogens is 196 g/mol. The molecule has 0 aromatic heterocycles. The van der Waals surface area contributed by atoms with Crippen molar-refractivity contribution >= 4 is 5.97 Å². The standard InChI is InChI=1S/C8H16O4.C3H6/c1-6(9)4-11-5-7(2)12-8(3)10;1-3-2/h6-7,9H,4-5H2,1-3H3;3H,1H2,2H3. The third kappa shape index (κ3) is 19.5. The molecule has 15 heavy (non-hydrogen) atoms. The van der Waals surface area contributed by atoms with Crippen LogP contribution in [0, 0.1) is 0 Å². The highest BCUT2D eigenvalue weighted by Gasteiger charge is 2.05. The molecule has 0 aliphatic heterocycles. The number of ether oxygens (including phenoxy) is 2. The van der Waals surface area contributed by atoms with Gasteiger partial charge >= 0.3 is 5.97 Å². The van der Waals surface area contributed by atoms with Crippen molar-refractivity contribution < 1.29 is 19.4 Å². The minimum atomic E-state index is -0.477. The summed E-state index contributed by atoms with van der Waals surface area (Å²) in [5.74, 6) is -0.317. The Balaban J connectivity index is 0. The van der Waals surface area contributed by atoms with Crippen LogP contribution in [-0.4, -0.2) is 36.5 Å². The second-order valence-electron chi connectivity index (χ2n) is 3.21. The van der Waals surface area contributed by atoms with E-state index >= 15 is 0 Å². The molecule has 2 atom stereocenters. The Morgan fingerprint density at radius 2 is 1.93 bits per heavy atom. The summed E-state index contributed by atoms with van der Waals surface area (Å²) in [7, 11) is 0. The van der Waals surface area contributed by atoms with Gasteiger partial charge in [-0.3, -0.25) is 4.79 Å². The van der Waals surface area contributed by atoms with Crippen LogP contribution in [0.25, 0.3) is 0 Å². The van der Waals surface area contributed by atoms with E-state index < -0.39 is 6.10 Å². The monoisotopic (exact) mass is 218 g/mol. The number of esters is 1. The number of carbonyl (C=O) groups excluding carboxylic acids is 1. The highest BCUT2D eigenvalue weighted by Crippen LogP contribution is 1.93. The van der Waals surface area contributed by atoms with Crippen molar-refractivity contribution in [2.24, 2.45) is 0 Å². The highest BCUT2D eigenvalue weighted by molar-refractivity contribution is 5.66. The van der Waals surface area contributed by atoms with Gasteiger partial charge in [0.15, 0.2) is 0 Å². The number of hydrogen-bond donors (Lipinski definition) is 1. The van der Waals surface area contributed by atoms with E-state index in [0.717, 1.165) is 0 Å². The molecule has 4 heteroatoms. The molecule has 0 saturated carbocycles. The summed E-state index contributed by atoms with van der Waals surface area (Å²) >= 11 is 0. The molecule has 4 nitrogen and oxygen atoms in total. The first-order valence-electron chi connectivity index (χ1n) is 4.94. The van der Waals surface area contributed by atoms with E-state index in [2.05, 4.69) is 6.58 Å². The molecule has 0 saturated heterocycles. The topological polar surface area (TPSA) is 55.8 Å². The zero-order valence-corrected chi connectivity index (χ0v) is 10.0. The number of carbonyl (C=O) groups is 1. The minimum Gasteiger partial charge on any atom is -0.460 e. The third-order valence-corrected chi connectivity index (χ3v) is 1.08. The van der Waals surface area contributed by atoms with Crippen LogP contribution in [0.5, 0.6) is 0 Å². The Hall–Kier alpha value is -0.870. The smallest absolute Gasteiger partial charge is 0.302 e. The predicted octanol–water partition coefficient (Wildman–Crippen LogP) is 1.53. The van der Waals surface area contributed by atoms with Crippen LogP contribution in [-0.2, 0) is 14.3 Å². The fourth-order valence-electron chi connectivity index (χ4n) is 0.722. The van der Waals surface area contributed by atoms with Crippen molar-refractivity contribution in [3.63, 3.8) is 0 Å². The molecule has 90 valence electrons. The first-order valence-corrected chi connectivity index (χ1v) is 4.94. The van der Waals surface area contributed by atoms with Gasteiger partial charge in [-0.05, 0) is 20.8 Å². The van der Waals surface area contributed by atoms with Crippen molar-refractivity contribution in [2.45, 2.75) is 39.9 Å². The lowest BCUT2D eigenvalue weighted by Crippen LogP contribution is -2.21. The van der Waals surface area contributed by atoms with Gasteiger partial charge in [-0.1, -0.05) is 6.08 Å². The van der Waals surface area contributed by atoms with Crippen molar-refractivity contribution in [3.8, 4) is 0 Å². The lowest BCUT2D eigenvalue weighted by molar-refractivity contribution is -0.148. The van der Waals surface area contributed by atoms with Gasteiger partial charge in [-0.25, -0.2) is 0 Å². The highest BCUT2D eigenvalue weighted by atomic mass is 16.6. The van der Waals surface area contributed by atoms with Gasteiger partial charge in [0.25, 0.3) is 0 Å². The molecule has 0 amide bonds. The van der Waals surface area contributed by atoms with Gasteiger partial charge in [-0.2, -0.15) is 0 Å². The fraction of sp³-hybridized carbons (Fsp3) is 0.727. The van der Waals surface area contributed by atoms with E-state index in [0.29, 0.717) is 6.61 Å². The molecular formula is C11H22O4. The largest absolute Gasteiger partial charge is 0.460 e. The van der Waals surface area contributed by atoms with E-state index in [-0.39, 0.29) is 18.7 Å². The van der Waals surface area contributed by atoms with Crippen LogP contribution in [0.15, 0.2) is 12.7 Å². The molecule has 0 aromatic carbocycles. The van der Waals surface area contributed by atoms with Gasteiger partial charge in [0.1, 0.15) is 6.10 Å². The van der Waals surface area contributed by atoms with Gasteiger partial charge in [-0.15, -0.1) is 6.58 Å². The molecule has 0 heterocycles. The zero-order valence-electron chi connectivity index (χ0n) is 10.0. The first-order chi connectivity index (χ1) is 6.93. The Kier molecular flexibility index (Phi) is 12.4. The SMILES string of the molecule is C=CC.CC(=O)OC(C)COCC(C)O. The third-order valence-electron chi connectivity index (χ3n) is 1.08. The first kappa shape index (κ1) is 16.6. The second kappa shape index (κ2) is 11.2. The number of hydrogen-bond acceptors (Lipinski definition) is 4. The predicted molar refractivity (Wildman–Crippen MR) is 59.6 cm³/mol. The molecule has 2 unspecified atom stereocenters. The quantitative estimate of drug-likeness (QED) is 0.561. The molecule has 0 rings (SSSR count). The number of rotatable bonds is 5. The van der Waals surface area contributed by atoms with Crippen LogP contribution in [0.2, 0.25) is 0 Å². The van der Waals surface area contributed by atoms with Gasteiger partial charge in [0.05, 0.1) is 19.3 Å². The maximum Gasteiger partial charge on any atom is 0.302 e. The van der Waals surface area contributed by atoms with E-state index in [9.17, 15) is 4.79 Å². The molecule has 1 N–H and O–H groups in total. The summed E-state index contributed by atoms with van der Waals surface area (Å²) in [6.07, 6.45) is 1.02. The normalized spacial score (nSPS) is 13.1. The summed E-state index contributed by atoms with van der Waals surface area (Å²) in [4.78, 5) is 10.4. The minimum absolute atomic E-state index is 0.249. The maximum absolute atomic E-state index is 10.4. The fourth-order valence-corrected chi connectivity index (χ4v) is 0.722. The molecule has 0 aliphatic carbocycles. The summed E-state index contributed by atoms with van der Waals surface area (Å²) in [6.45, 7) is 10.6. The van der Waals surface area contributed by atoms with Crippen molar-refractivity contribution in [1.29, 1.82) is 0 Å². The van der Waals surface area contributed by atoms with Crippen molar-refractivity contribution in [3.05, 3.63) is 12.7 Å². The Bertz CT molecular complexity index is 166. The number of aliphatic hydroxyl groups is 1. The zero-order chi connectivity index (χ0) is 12.3. The van der Waals surface area contributed by atoms with Crippen molar-refractivity contribution in [2.75, 3.05) is 13.2 Å². The molecule has 0 aliphatic rings. The van der Waals surface area contributed by atoms with E-state index in [1.165, 1.54) is 6.92 Å². The molecule has 0 bridgehead atoms. The summed E-state index contributed by atoms with van der Waals surface area (Å²) in [5.41, 5.74) is 0. The van der Waals surface area contributed by atoms with Crippen molar-refractivity contribution in [1.82, 2.24) is 0 Å². The Morgan fingerprint density at radius 3 is 2.27 bits per heavy atom. The lowest BCUT2D eigenvalue weighted by Gasteiger charge is -2.12. The van der Waals surface area contributed by atoms with Crippen LogP contribution in [0.3, 0.4) is 0 Å². The van der Waals surface area contributed by atoms with Gasteiger partial charge in [0.2, 0.25) is 0 Å². The Morgan fingerprint density at radius 1 is 1.47 bits per heavy atom. The van der Waals surface area contributed by atoms with E-state index in [1.807, 2.05) is 6.92 Å². The average molecular weight is 218 g/mol. The number of allylic oxidation sites excluding steroid dienone is 1. The maximum atomic E-state index is 10.4. The number of aliphatic hydroxyl groups excluding tert-OH is 1. The summed E-state index contributed by atoms with van der Waals surface area (Å²) < 4.78 is 9.82. The van der Waals surface area contributed by atoms with Crippen LogP contribution in [0.1, 0.15) is 27.7 Å². The lowest BCUT2D eigenvalue weighted by atomic mass is 10.4. The molecule has 0 fully saturated rings. The summed E-state index contributed by atoms with van der Waals surface area (Å²) in [6, 6.07) is 0. The van der Waals surface area contributed by atoms with Crippen LogP contribution in [0.4, 0.5) is 0 Å². The Labute approximate surface area is 91.9 Å². The average Bonchev–Trinajstić information content (AvgIpc) is 2.02. The second-order valence-corrected chi connectivity index (χ2v) is 3.21. The molecule has 0 radical (unpaired) electrons.